The number of hydrogen-bond donors (Lipinski definition) is 1. The Labute approximate surface area is 211 Å². The first-order valence-electron chi connectivity index (χ1n) is 11.6. The van der Waals surface area contributed by atoms with Gasteiger partial charge in [-0.2, -0.15) is 18.3 Å². The maximum Gasteiger partial charge on any atom is 0.419 e. The van der Waals surface area contributed by atoms with Gasteiger partial charge in [0, 0.05) is 63.3 Å². The van der Waals surface area contributed by atoms with Gasteiger partial charge in [-0.25, -0.2) is 14.4 Å². The average molecular weight is 522 g/mol. The molecule has 0 spiro atoms. The van der Waals surface area contributed by atoms with E-state index in [2.05, 4.69) is 39.1 Å². The topological polar surface area (TPSA) is 88.4 Å². The van der Waals surface area contributed by atoms with Gasteiger partial charge in [0.1, 0.15) is 17.1 Å². The van der Waals surface area contributed by atoms with Gasteiger partial charge in [-0.05, 0) is 19.9 Å². The fourth-order valence-corrected chi connectivity index (χ4v) is 4.13. The van der Waals surface area contributed by atoms with Crippen LogP contribution in [0.15, 0.2) is 30.7 Å². The van der Waals surface area contributed by atoms with E-state index in [1.54, 1.807) is 11.9 Å². The van der Waals surface area contributed by atoms with Crippen LogP contribution in [0.5, 0.6) is 5.75 Å². The van der Waals surface area contributed by atoms with Gasteiger partial charge < -0.3 is 15.0 Å². The molecule has 0 atom stereocenters. The Kier molecular flexibility index (Phi) is 7.35. The second kappa shape index (κ2) is 10.3. The van der Waals surface area contributed by atoms with E-state index in [-0.39, 0.29) is 34.2 Å². The zero-order valence-electron chi connectivity index (χ0n) is 20.8. The first-order chi connectivity index (χ1) is 17.5. The quantitative estimate of drug-likeness (QED) is 0.492. The SMILES string of the molecule is COc1cc(C(=O)N2CCN(C(C)C)CC2)c(F)cc1Nc1ncc(C(F)(F)F)c(-c2cnn(C)c2)n1. The fourth-order valence-electron chi connectivity index (χ4n) is 4.13. The summed E-state index contributed by atoms with van der Waals surface area (Å²) in [5, 5.41) is 6.62. The zero-order valence-corrected chi connectivity index (χ0v) is 20.8. The predicted octanol–water partition coefficient (Wildman–Crippen LogP) is 3.95. The summed E-state index contributed by atoms with van der Waals surface area (Å²) in [6, 6.07) is 2.66. The maximum atomic E-state index is 15.1. The molecule has 1 N–H and O–H groups in total. The Balaban J connectivity index is 1.62. The van der Waals surface area contributed by atoms with E-state index in [4.69, 9.17) is 4.74 Å². The van der Waals surface area contributed by atoms with E-state index in [1.165, 1.54) is 30.3 Å². The molecule has 0 saturated carbocycles. The van der Waals surface area contributed by atoms with E-state index in [9.17, 15) is 18.0 Å². The van der Waals surface area contributed by atoms with Crippen molar-refractivity contribution < 1.29 is 27.1 Å². The Hall–Kier alpha value is -3.74. The lowest BCUT2D eigenvalue weighted by Crippen LogP contribution is -2.50. The van der Waals surface area contributed by atoms with Crippen LogP contribution < -0.4 is 10.1 Å². The average Bonchev–Trinajstić information content (AvgIpc) is 3.29. The molecule has 1 aliphatic heterocycles. The molecular formula is C24H27F4N7O2. The van der Waals surface area contributed by atoms with Crippen molar-refractivity contribution in [3.63, 3.8) is 0 Å². The largest absolute Gasteiger partial charge is 0.495 e. The van der Waals surface area contributed by atoms with Crippen molar-refractivity contribution in [3.05, 3.63) is 47.7 Å². The molecule has 1 aliphatic rings. The monoisotopic (exact) mass is 521 g/mol. The van der Waals surface area contributed by atoms with Crippen LogP contribution >= 0.6 is 0 Å². The summed E-state index contributed by atoms with van der Waals surface area (Å²) in [4.78, 5) is 24.6. The number of nitrogens with zero attached hydrogens (tertiary/aromatic N) is 6. The summed E-state index contributed by atoms with van der Waals surface area (Å²) in [7, 11) is 2.90. The third-order valence-electron chi connectivity index (χ3n) is 6.17. The molecule has 1 saturated heterocycles. The van der Waals surface area contributed by atoms with E-state index < -0.39 is 23.5 Å². The predicted molar refractivity (Wildman–Crippen MR) is 128 cm³/mol. The summed E-state index contributed by atoms with van der Waals surface area (Å²) in [6.07, 6.45) is -1.41. The van der Waals surface area contributed by atoms with Crippen molar-refractivity contribution in [2.45, 2.75) is 26.1 Å². The van der Waals surface area contributed by atoms with Gasteiger partial charge in [0.15, 0.2) is 0 Å². The van der Waals surface area contributed by atoms with Gasteiger partial charge in [0.25, 0.3) is 5.91 Å². The number of carbonyl (C=O) groups is 1. The van der Waals surface area contributed by atoms with Crippen LogP contribution in [0.3, 0.4) is 0 Å². The van der Waals surface area contributed by atoms with Crippen molar-refractivity contribution in [1.82, 2.24) is 29.5 Å². The number of aromatic nitrogens is 4. The molecule has 3 aromatic rings. The molecule has 3 heterocycles. The van der Waals surface area contributed by atoms with Crippen LogP contribution in [0, 0.1) is 5.82 Å². The number of ether oxygens (including phenoxy) is 1. The van der Waals surface area contributed by atoms with Gasteiger partial charge in [-0.3, -0.25) is 14.4 Å². The second-order valence-corrected chi connectivity index (χ2v) is 8.94. The number of methoxy groups -OCH3 is 1. The summed E-state index contributed by atoms with van der Waals surface area (Å²) in [5.74, 6) is -1.38. The molecule has 198 valence electrons. The minimum atomic E-state index is -4.70. The van der Waals surface area contributed by atoms with E-state index in [0.29, 0.717) is 38.4 Å². The number of nitrogens with one attached hydrogen (secondary N) is 1. The number of aryl methyl sites for hydroxylation is 1. The van der Waals surface area contributed by atoms with Crippen LogP contribution in [0.2, 0.25) is 0 Å². The smallest absolute Gasteiger partial charge is 0.419 e. The number of carbonyl (C=O) groups excluding carboxylic acids is 1. The highest BCUT2D eigenvalue weighted by Gasteiger charge is 2.36. The highest BCUT2D eigenvalue weighted by molar-refractivity contribution is 5.96. The molecular weight excluding hydrogens is 494 g/mol. The molecule has 37 heavy (non-hydrogen) atoms. The molecule has 13 heteroatoms. The molecule has 0 bridgehead atoms. The van der Waals surface area contributed by atoms with Crippen LogP contribution in [-0.4, -0.2) is 74.8 Å². The number of alkyl halides is 3. The van der Waals surface area contributed by atoms with E-state index in [1.807, 2.05) is 0 Å². The van der Waals surface area contributed by atoms with Gasteiger partial charge in [-0.15, -0.1) is 0 Å². The number of piperazine rings is 1. The van der Waals surface area contributed by atoms with Gasteiger partial charge >= 0.3 is 6.18 Å². The molecule has 0 unspecified atom stereocenters. The summed E-state index contributed by atoms with van der Waals surface area (Å²) in [5.41, 5.74) is -1.40. The molecule has 4 rings (SSSR count). The van der Waals surface area contributed by atoms with Crippen molar-refractivity contribution in [3.8, 4) is 17.0 Å². The highest BCUT2D eigenvalue weighted by atomic mass is 19.4. The number of hydrogen-bond acceptors (Lipinski definition) is 7. The summed E-state index contributed by atoms with van der Waals surface area (Å²) >= 11 is 0. The first-order valence-corrected chi connectivity index (χ1v) is 11.6. The first kappa shape index (κ1) is 26.3. The Bertz CT molecular complexity index is 1280. The van der Waals surface area contributed by atoms with Crippen LogP contribution in [0.25, 0.3) is 11.3 Å². The molecule has 1 fully saturated rings. The molecule has 0 aliphatic carbocycles. The van der Waals surface area contributed by atoms with E-state index >= 15 is 4.39 Å². The zero-order chi connectivity index (χ0) is 26.9. The molecule has 1 aromatic carbocycles. The normalized spacial score (nSPS) is 14.8. The number of halogens is 4. The van der Waals surface area contributed by atoms with Crippen LogP contribution in [-0.2, 0) is 13.2 Å². The Morgan fingerprint density at radius 3 is 2.41 bits per heavy atom. The van der Waals surface area contributed by atoms with Crippen LogP contribution in [0.1, 0.15) is 29.8 Å². The third kappa shape index (κ3) is 5.66. The number of anilines is 2. The van der Waals surface area contributed by atoms with Gasteiger partial charge in [0.2, 0.25) is 5.95 Å². The second-order valence-electron chi connectivity index (χ2n) is 8.94. The van der Waals surface area contributed by atoms with Gasteiger partial charge in [0.05, 0.1) is 30.3 Å². The molecule has 0 radical (unpaired) electrons. The van der Waals surface area contributed by atoms with Gasteiger partial charge in [-0.1, -0.05) is 0 Å². The third-order valence-corrected chi connectivity index (χ3v) is 6.17. The van der Waals surface area contributed by atoms with Crippen molar-refractivity contribution >= 4 is 17.5 Å². The Morgan fingerprint density at radius 1 is 1.14 bits per heavy atom. The molecule has 1 amide bonds. The number of rotatable bonds is 6. The lowest BCUT2D eigenvalue weighted by molar-refractivity contribution is -0.137. The maximum absolute atomic E-state index is 15.1. The highest BCUT2D eigenvalue weighted by Crippen LogP contribution is 2.37. The minimum absolute atomic E-state index is 0.0538. The minimum Gasteiger partial charge on any atom is -0.495 e. The fraction of sp³-hybridized carbons (Fsp3) is 0.417. The lowest BCUT2D eigenvalue weighted by Gasteiger charge is -2.37. The number of amides is 1. The summed E-state index contributed by atoms with van der Waals surface area (Å²) < 4.78 is 62.5. The van der Waals surface area contributed by atoms with E-state index in [0.717, 1.165) is 6.07 Å². The van der Waals surface area contributed by atoms with Crippen molar-refractivity contribution in [2.24, 2.45) is 7.05 Å². The molecule has 9 nitrogen and oxygen atoms in total. The lowest BCUT2D eigenvalue weighted by atomic mass is 10.1. The van der Waals surface area contributed by atoms with Crippen molar-refractivity contribution in [1.29, 1.82) is 0 Å². The van der Waals surface area contributed by atoms with Crippen molar-refractivity contribution in [2.75, 3.05) is 38.6 Å². The molecule has 2 aromatic heterocycles. The number of benzene rings is 1. The van der Waals surface area contributed by atoms with Crippen LogP contribution in [0.4, 0.5) is 29.2 Å². The Morgan fingerprint density at radius 2 is 1.84 bits per heavy atom. The summed E-state index contributed by atoms with van der Waals surface area (Å²) in [6.45, 7) is 6.46. The standard InChI is InChI=1S/C24H27F4N7O2/c1-14(2)34-5-7-35(8-6-34)22(36)16-9-20(37-4)19(10-18(16)25)31-23-29-12-17(24(26,27)28)21(32-23)15-11-30-33(3)13-15/h9-14H,5-8H2,1-4H3,(H,29,31,32).